The summed E-state index contributed by atoms with van der Waals surface area (Å²) in [7, 11) is 1.64. The van der Waals surface area contributed by atoms with Crippen LogP contribution in [0.25, 0.3) is 0 Å². The van der Waals surface area contributed by atoms with Gasteiger partial charge in [-0.2, -0.15) is 4.98 Å². The van der Waals surface area contributed by atoms with Gasteiger partial charge in [-0.05, 0) is 23.3 Å². The molecule has 172 valence electrons. The molecule has 0 saturated carbocycles. The lowest BCUT2D eigenvalue weighted by Gasteiger charge is -2.34. The van der Waals surface area contributed by atoms with E-state index in [4.69, 9.17) is 4.74 Å². The molecule has 0 atom stereocenters. The second kappa shape index (κ2) is 10.1. The van der Waals surface area contributed by atoms with E-state index in [2.05, 4.69) is 52.2 Å². The first-order valence-corrected chi connectivity index (χ1v) is 11.2. The number of hydrogen-bond donors (Lipinski definition) is 1. The van der Waals surface area contributed by atoms with Gasteiger partial charge in [0.15, 0.2) is 0 Å². The van der Waals surface area contributed by atoms with Gasteiger partial charge in [0.2, 0.25) is 17.8 Å². The van der Waals surface area contributed by atoms with Crippen LogP contribution in [-0.2, 0) is 6.42 Å². The summed E-state index contributed by atoms with van der Waals surface area (Å²) >= 11 is 0. The summed E-state index contributed by atoms with van der Waals surface area (Å²) in [5.74, 6) is 2.68. The van der Waals surface area contributed by atoms with Gasteiger partial charge in [0.25, 0.3) is 0 Å². The molecule has 0 radical (unpaired) electrons. The Labute approximate surface area is 198 Å². The molecule has 1 aliphatic heterocycles. The largest absolute Gasteiger partial charge is 0.497 e. The zero-order chi connectivity index (χ0) is 23.2. The zero-order valence-corrected chi connectivity index (χ0v) is 19.0. The minimum absolute atomic E-state index is 0.498. The summed E-state index contributed by atoms with van der Waals surface area (Å²) < 4.78 is 5.27. The maximum Gasteiger partial charge on any atom is 0.232 e. The molecule has 3 heterocycles. The number of aromatic nitrogens is 5. The summed E-state index contributed by atoms with van der Waals surface area (Å²) in [4.78, 5) is 26.8. The molecule has 0 unspecified atom stereocenters. The van der Waals surface area contributed by atoms with E-state index < -0.39 is 0 Å². The minimum atomic E-state index is 0.498. The lowest BCUT2D eigenvalue weighted by Crippen LogP contribution is -2.47. The van der Waals surface area contributed by atoms with Crippen LogP contribution in [-0.4, -0.2) is 58.2 Å². The van der Waals surface area contributed by atoms with Crippen LogP contribution >= 0.6 is 0 Å². The Morgan fingerprint density at radius 3 is 2.26 bits per heavy atom. The standard InChI is InChI=1S/C25H26N8O/c1-34-22-9-5-8-21(15-22)30-23-28-18-29-25(31-23)33-12-10-32(11-13-33)24-26-16-20(17-27-24)14-19-6-3-2-4-7-19/h2-9,15-18H,10-14H2,1H3,(H,28,29,30,31). The van der Waals surface area contributed by atoms with Crippen molar-refractivity contribution in [3.8, 4) is 5.75 Å². The summed E-state index contributed by atoms with van der Waals surface area (Å²) in [6, 6.07) is 18.0. The summed E-state index contributed by atoms with van der Waals surface area (Å²) in [6.07, 6.45) is 6.21. The van der Waals surface area contributed by atoms with Crippen LogP contribution in [0.15, 0.2) is 73.3 Å². The van der Waals surface area contributed by atoms with Gasteiger partial charge in [0, 0.05) is 56.7 Å². The van der Waals surface area contributed by atoms with Crippen molar-refractivity contribution in [1.82, 2.24) is 24.9 Å². The van der Waals surface area contributed by atoms with Gasteiger partial charge in [-0.25, -0.2) is 19.9 Å². The second-order valence-corrected chi connectivity index (χ2v) is 7.99. The van der Waals surface area contributed by atoms with Crippen LogP contribution in [0.2, 0.25) is 0 Å². The van der Waals surface area contributed by atoms with Crippen molar-refractivity contribution in [3.63, 3.8) is 0 Å². The zero-order valence-electron chi connectivity index (χ0n) is 19.0. The van der Waals surface area contributed by atoms with Crippen molar-refractivity contribution in [1.29, 1.82) is 0 Å². The summed E-state index contributed by atoms with van der Waals surface area (Å²) in [6.45, 7) is 3.14. The van der Waals surface area contributed by atoms with Gasteiger partial charge >= 0.3 is 0 Å². The molecule has 9 nitrogen and oxygen atoms in total. The molecule has 0 bridgehead atoms. The predicted molar refractivity (Wildman–Crippen MR) is 132 cm³/mol. The predicted octanol–water partition coefficient (Wildman–Crippen LogP) is 3.33. The molecule has 34 heavy (non-hydrogen) atoms. The van der Waals surface area contributed by atoms with E-state index in [1.54, 1.807) is 7.11 Å². The Balaban J connectivity index is 1.18. The third-order valence-electron chi connectivity index (χ3n) is 5.67. The van der Waals surface area contributed by atoms with E-state index in [-0.39, 0.29) is 0 Å². The highest BCUT2D eigenvalue weighted by Crippen LogP contribution is 2.21. The van der Waals surface area contributed by atoms with E-state index >= 15 is 0 Å². The topological polar surface area (TPSA) is 92.2 Å². The lowest BCUT2D eigenvalue weighted by molar-refractivity contribution is 0.415. The van der Waals surface area contributed by atoms with Crippen molar-refractivity contribution in [3.05, 3.63) is 84.4 Å². The van der Waals surface area contributed by atoms with Crippen LogP contribution in [0.3, 0.4) is 0 Å². The van der Waals surface area contributed by atoms with Crippen LogP contribution < -0.4 is 19.9 Å². The monoisotopic (exact) mass is 454 g/mol. The first kappa shape index (κ1) is 21.6. The molecule has 1 saturated heterocycles. The first-order chi connectivity index (χ1) is 16.8. The maximum atomic E-state index is 5.27. The van der Waals surface area contributed by atoms with Crippen LogP contribution in [0.4, 0.5) is 23.5 Å². The maximum absolute atomic E-state index is 5.27. The fraction of sp³-hybridized carbons (Fsp3) is 0.240. The normalized spacial score (nSPS) is 13.6. The third-order valence-corrected chi connectivity index (χ3v) is 5.67. The summed E-state index contributed by atoms with van der Waals surface area (Å²) in [5, 5.41) is 3.22. The molecule has 2 aromatic carbocycles. The number of ether oxygens (including phenoxy) is 1. The molecular weight excluding hydrogens is 428 g/mol. The van der Waals surface area contributed by atoms with Crippen LogP contribution in [0.5, 0.6) is 5.75 Å². The van der Waals surface area contributed by atoms with E-state index in [1.807, 2.05) is 54.9 Å². The number of methoxy groups -OCH3 is 1. The number of anilines is 4. The van der Waals surface area contributed by atoms with Gasteiger partial charge in [-0.15, -0.1) is 0 Å². The molecule has 9 heteroatoms. The number of rotatable bonds is 7. The highest BCUT2D eigenvalue weighted by atomic mass is 16.5. The van der Waals surface area contributed by atoms with Crippen molar-refractivity contribution in [2.24, 2.45) is 0 Å². The number of hydrogen-bond acceptors (Lipinski definition) is 9. The molecule has 2 aromatic heterocycles. The van der Waals surface area contributed by atoms with Crippen LogP contribution in [0, 0.1) is 0 Å². The van der Waals surface area contributed by atoms with Crippen molar-refractivity contribution >= 4 is 23.5 Å². The average molecular weight is 455 g/mol. The molecule has 4 aromatic rings. The van der Waals surface area contributed by atoms with Gasteiger partial charge in [-0.3, -0.25) is 0 Å². The Morgan fingerprint density at radius 1 is 0.794 bits per heavy atom. The van der Waals surface area contributed by atoms with E-state index in [9.17, 15) is 0 Å². The summed E-state index contributed by atoms with van der Waals surface area (Å²) in [5.41, 5.74) is 3.22. The fourth-order valence-corrected chi connectivity index (χ4v) is 3.87. The van der Waals surface area contributed by atoms with Crippen molar-refractivity contribution in [2.75, 3.05) is 48.4 Å². The van der Waals surface area contributed by atoms with E-state index in [0.717, 1.165) is 55.5 Å². The third kappa shape index (κ3) is 5.20. The van der Waals surface area contributed by atoms with Gasteiger partial charge in [0.1, 0.15) is 12.1 Å². The number of benzene rings is 2. The Hall–Kier alpha value is -4.27. The van der Waals surface area contributed by atoms with E-state index in [1.165, 1.54) is 11.9 Å². The minimum Gasteiger partial charge on any atom is -0.497 e. The highest BCUT2D eigenvalue weighted by molar-refractivity contribution is 5.56. The van der Waals surface area contributed by atoms with Gasteiger partial charge in [-0.1, -0.05) is 36.4 Å². The molecule has 1 fully saturated rings. The van der Waals surface area contributed by atoms with Crippen LogP contribution in [0.1, 0.15) is 11.1 Å². The number of piperazine rings is 1. The Morgan fingerprint density at radius 2 is 1.53 bits per heavy atom. The number of nitrogens with zero attached hydrogens (tertiary/aromatic N) is 7. The Kier molecular flexibility index (Phi) is 6.42. The Bertz CT molecular complexity index is 1210. The molecule has 0 aliphatic carbocycles. The number of nitrogens with one attached hydrogen (secondary N) is 1. The van der Waals surface area contributed by atoms with E-state index in [0.29, 0.717) is 11.9 Å². The first-order valence-electron chi connectivity index (χ1n) is 11.2. The molecule has 1 aliphatic rings. The SMILES string of the molecule is COc1cccc(Nc2ncnc(N3CCN(c4ncc(Cc5ccccc5)cn4)CC3)n2)c1. The molecule has 5 rings (SSSR count). The molecular formula is C25H26N8O. The fourth-order valence-electron chi connectivity index (χ4n) is 3.87. The van der Waals surface area contributed by atoms with Crippen molar-refractivity contribution < 1.29 is 4.74 Å². The van der Waals surface area contributed by atoms with Gasteiger partial charge in [0.05, 0.1) is 7.11 Å². The molecule has 1 N–H and O–H groups in total. The molecule has 0 spiro atoms. The average Bonchev–Trinajstić information content (AvgIpc) is 2.90. The van der Waals surface area contributed by atoms with Crippen molar-refractivity contribution in [2.45, 2.75) is 6.42 Å². The highest BCUT2D eigenvalue weighted by Gasteiger charge is 2.21. The second-order valence-electron chi connectivity index (χ2n) is 7.99. The smallest absolute Gasteiger partial charge is 0.232 e. The molecule has 0 amide bonds. The lowest BCUT2D eigenvalue weighted by atomic mass is 10.1. The van der Waals surface area contributed by atoms with Gasteiger partial charge < -0.3 is 19.9 Å². The quantitative estimate of drug-likeness (QED) is 0.451.